The van der Waals surface area contributed by atoms with Crippen molar-refractivity contribution in [3.8, 4) is 5.75 Å². The van der Waals surface area contributed by atoms with Gasteiger partial charge in [-0.1, -0.05) is 6.07 Å². The van der Waals surface area contributed by atoms with Gasteiger partial charge in [0.1, 0.15) is 5.75 Å². The predicted octanol–water partition coefficient (Wildman–Crippen LogP) is 2.83. The van der Waals surface area contributed by atoms with Crippen molar-refractivity contribution in [1.29, 1.82) is 0 Å². The van der Waals surface area contributed by atoms with Gasteiger partial charge >= 0.3 is 0 Å². The molecule has 1 heterocycles. The van der Waals surface area contributed by atoms with Gasteiger partial charge in [0.2, 0.25) is 0 Å². The molecule has 1 aromatic rings. The van der Waals surface area contributed by atoms with E-state index in [1.165, 1.54) is 17.7 Å². The number of anilines is 1. The summed E-state index contributed by atoms with van der Waals surface area (Å²) < 4.78 is 5.54. The van der Waals surface area contributed by atoms with Crippen molar-refractivity contribution in [3.05, 3.63) is 23.8 Å². The molecule has 0 radical (unpaired) electrons. The van der Waals surface area contributed by atoms with Gasteiger partial charge in [-0.25, -0.2) is 0 Å². The van der Waals surface area contributed by atoms with Gasteiger partial charge in [0.05, 0.1) is 12.8 Å². The van der Waals surface area contributed by atoms with E-state index < -0.39 is 0 Å². The van der Waals surface area contributed by atoms with Crippen molar-refractivity contribution in [2.75, 3.05) is 32.1 Å². The molecule has 0 bridgehead atoms. The summed E-state index contributed by atoms with van der Waals surface area (Å²) in [6, 6.07) is 6.42. The van der Waals surface area contributed by atoms with Crippen molar-refractivity contribution in [2.24, 2.45) is 5.92 Å². The SMILES string of the molecule is CNCC1CCN(c2cc(C)ccc2OC)C1(C)C. The minimum absolute atomic E-state index is 0.157. The quantitative estimate of drug-likeness (QED) is 0.903. The second kappa shape index (κ2) is 5.41. The van der Waals surface area contributed by atoms with Gasteiger partial charge in [-0.15, -0.1) is 0 Å². The molecule has 0 amide bonds. The zero-order chi connectivity index (χ0) is 14.0. The molecule has 0 aliphatic carbocycles. The Kier molecular flexibility index (Phi) is 4.04. The molecule has 1 saturated heterocycles. The van der Waals surface area contributed by atoms with E-state index in [1.807, 2.05) is 7.05 Å². The average Bonchev–Trinajstić information content (AvgIpc) is 2.65. The zero-order valence-corrected chi connectivity index (χ0v) is 12.8. The second-order valence-electron chi connectivity index (χ2n) is 6.02. The number of methoxy groups -OCH3 is 1. The Morgan fingerprint density at radius 1 is 1.42 bits per heavy atom. The highest BCUT2D eigenvalue weighted by molar-refractivity contribution is 5.62. The number of benzene rings is 1. The number of hydrogen-bond donors (Lipinski definition) is 1. The van der Waals surface area contributed by atoms with Crippen LogP contribution in [-0.4, -0.2) is 32.8 Å². The van der Waals surface area contributed by atoms with Crippen molar-refractivity contribution in [2.45, 2.75) is 32.7 Å². The summed E-state index contributed by atoms with van der Waals surface area (Å²) in [5.74, 6) is 1.64. The van der Waals surface area contributed by atoms with Crippen molar-refractivity contribution < 1.29 is 4.74 Å². The van der Waals surface area contributed by atoms with E-state index in [1.54, 1.807) is 7.11 Å². The van der Waals surface area contributed by atoms with Gasteiger partial charge in [-0.3, -0.25) is 0 Å². The lowest BCUT2D eigenvalue weighted by atomic mass is 9.88. The third kappa shape index (κ3) is 2.57. The lowest BCUT2D eigenvalue weighted by molar-refractivity contribution is 0.352. The number of aryl methyl sites for hydroxylation is 1. The van der Waals surface area contributed by atoms with E-state index in [-0.39, 0.29) is 5.54 Å². The van der Waals surface area contributed by atoms with E-state index in [9.17, 15) is 0 Å². The number of rotatable bonds is 4. The molecular formula is C16H26N2O. The number of nitrogens with zero attached hydrogens (tertiary/aromatic N) is 1. The van der Waals surface area contributed by atoms with Crippen LogP contribution in [0.1, 0.15) is 25.8 Å². The molecule has 1 fully saturated rings. The van der Waals surface area contributed by atoms with Crippen molar-refractivity contribution >= 4 is 5.69 Å². The molecule has 1 aromatic carbocycles. The number of ether oxygens (including phenoxy) is 1. The summed E-state index contributed by atoms with van der Waals surface area (Å²) in [7, 11) is 3.79. The van der Waals surface area contributed by atoms with Crippen LogP contribution in [-0.2, 0) is 0 Å². The topological polar surface area (TPSA) is 24.5 Å². The Balaban J connectivity index is 2.34. The van der Waals surface area contributed by atoms with Crippen molar-refractivity contribution in [3.63, 3.8) is 0 Å². The van der Waals surface area contributed by atoms with Crippen LogP contribution in [0.15, 0.2) is 18.2 Å². The fraction of sp³-hybridized carbons (Fsp3) is 0.625. The highest BCUT2D eigenvalue weighted by Crippen LogP contribution is 2.42. The van der Waals surface area contributed by atoms with E-state index in [2.05, 4.69) is 49.2 Å². The molecule has 19 heavy (non-hydrogen) atoms. The molecule has 3 nitrogen and oxygen atoms in total. The predicted molar refractivity (Wildman–Crippen MR) is 81.2 cm³/mol. The van der Waals surface area contributed by atoms with Crippen LogP contribution in [0.4, 0.5) is 5.69 Å². The smallest absolute Gasteiger partial charge is 0.142 e. The van der Waals surface area contributed by atoms with Crippen LogP contribution < -0.4 is 15.0 Å². The van der Waals surface area contributed by atoms with Crippen LogP contribution in [0.3, 0.4) is 0 Å². The molecule has 1 unspecified atom stereocenters. The van der Waals surface area contributed by atoms with E-state index in [0.29, 0.717) is 5.92 Å². The summed E-state index contributed by atoms with van der Waals surface area (Å²) in [6.45, 7) is 8.97. The van der Waals surface area contributed by atoms with E-state index in [4.69, 9.17) is 4.74 Å². The van der Waals surface area contributed by atoms with Gasteiger partial charge in [0, 0.05) is 12.1 Å². The lowest BCUT2D eigenvalue weighted by Crippen LogP contribution is -2.45. The van der Waals surface area contributed by atoms with Gasteiger partial charge in [-0.05, 0) is 64.4 Å². The first-order valence-electron chi connectivity index (χ1n) is 7.07. The zero-order valence-electron chi connectivity index (χ0n) is 12.8. The van der Waals surface area contributed by atoms with Crippen LogP contribution in [0, 0.1) is 12.8 Å². The molecule has 3 heteroatoms. The first-order chi connectivity index (χ1) is 9.00. The van der Waals surface area contributed by atoms with Gasteiger partial charge in [0.15, 0.2) is 0 Å². The Labute approximate surface area is 116 Å². The Morgan fingerprint density at radius 2 is 2.16 bits per heavy atom. The molecule has 1 N–H and O–H groups in total. The third-order valence-electron chi connectivity index (χ3n) is 4.47. The minimum Gasteiger partial charge on any atom is -0.495 e. The molecule has 106 valence electrons. The van der Waals surface area contributed by atoms with Crippen molar-refractivity contribution in [1.82, 2.24) is 5.32 Å². The maximum absolute atomic E-state index is 5.54. The van der Waals surface area contributed by atoms with E-state index in [0.717, 1.165) is 18.8 Å². The van der Waals surface area contributed by atoms with Crippen LogP contribution in [0.25, 0.3) is 0 Å². The molecule has 0 spiro atoms. The summed E-state index contributed by atoms with van der Waals surface area (Å²) >= 11 is 0. The standard InChI is InChI=1S/C16H26N2O/c1-12-6-7-15(19-5)14(10-12)18-9-8-13(11-17-4)16(18,2)3/h6-7,10,13,17H,8-9,11H2,1-5H3. The summed E-state index contributed by atoms with van der Waals surface area (Å²) in [6.07, 6.45) is 1.23. The van der Waals surface area contributed by atoms with E-state index >= 15 is 0 Å². The summed E-state index contributed by atoms with van der Waals surface area (Å²) in [5.41, 5.74) is 2.67. The van der Waals surface area contributed by atoms with Crippen LogP contribution in [0.5, 0.6) is 5.75 Å². The normalized spacial score (nSPS) is 21.7. The Hall–Kier alpha value is -1.22. The number of nitrogens with one attached hydrogen (secondary N) is 1. The van der Waals surface area contributed by atoms with Crippen LogP contribution in [0.2, 0.25) is 0 Å². The molecule has 1 atom stereocenters. The van der Waals surface area contributed by atoms with Crippen LogP contribution >= 0.6 is 0 Å². The van der Waals surface area contributed by atoms with Gasteiger partial charge in [-0.2, -0.15) is 0 Å². The average molecular weight is 262 g/mol. The Bertz CT molecular complexity index is 442. The number of hydrogen-bond acceptors (Lipinski definition) is 3. The first kappa shape index (κ1) is 14.2. The Morgan fingerprint density at radius 3 is 2.79 bits per heavy atom. The molecular weight excluding hydrogens is 236 g/mol. The second-order valence-corrected chi connectivity index (χ2v) is 6.02. The summed E-state index contributed by atoms with van der Waals surface area (Å²) in [5, 5.41) is 3.32. The highest BCUT2D eigenvalue weighted by atomic mass is 16.5. The molecule has 2 rings (SSSR count). The largest absolute Gasteiger partial charge is 0.495 e. The lowest BCUT2D eigenvalue weighted by Gasteiger charge is -2.38. The minimum atomic E-state index is 0.157. The molecule has 1 aliphatic heterocycles. The van der Waals surface area contributed by atoms with Gasteiger partial charge < -0.3 is 15.0 Å². The molecule has 1 aliphatic rings. The molecule has 0 aromatic heterocycles. The molecule has 0 saturated carbocycles. The fourth-order valence-corrected chi connectivity index (χ4v) is 3.19. The third-order valence-corrected chi connectivity index (χ3v) is 4.47. The first-order valence-corrected chi connectivity index (χ1v) is 7.07. The maximum atomic E-state index is 5.54. The fourth-order valence-electron chi connectivity index (χ4n) is 3.19. The monoisotopic (exact) mass is 262 g/mol. The highest BCUT2D eigenvalue weighted by Gasteiger charge is 2.41. The summed E-state index contributed by atoms with van der Waals surface area (Å²) in [4.78, 5) is 2.50. The maximum Gasteiger partial charge on any atom is 0.142 e. The van der Waals surface area contributed by atoms with Gasteiger partial charge in [0.25, 0.3) is 0 Å².